The van der Waals surface area contributed by atoms with Gasteiger partial charge in [0.05, 0.1) is 17.8 Å². The molecule has 1 amide bonds. The molecule has 1 aliphatic carbocycles. The second-order valence-corrected chi connectivity index (χ2v) is 4.09. The normalized spacial score (nSPS) is 15.5. The molecule has 1 aromatic heterocycles. The standard InChI is InChI=1S/C10H16N4O/c1-2-14-9(5-7-3-4-7)8(12-13-14)6-10(11)15/h7H,2-6H2,1H3,(H2,11,15). The van der Waals surface area contributed by atoms with E-state index in [1.807, 2.05) is 11.6 Å². The average molecular weight is 208 g/mol. The molecule has 0 bridgehead atoms. The van der Waals surface area contributed by atoms with Crippen LogP contribution in [0.1, 0.15) is 31.2 Å². The van der Waals surface area contributed by atoms with E-state index in [-0.39, 0.29) is 12.3 Å². The lowest BCUT2D eigenvalue weighted by molar-refractivity contribution is -0.117. The third kappa shape index (κ3) is 2.34. The van der Waals surface area contributed by atoms with E-state index >= 15 is 0 Å². The Kier molecular flexibility index (Phi) is 2.70. The number of aryl methyl sites for hydroxylation is 1. The van der Waals surface area contributed by atoms with Gasteiger partial charge >= 0.3 is 0 Å². The predicted octanol–water partition coefficient (Wildman–Crippen LogP) is 0.278. The average Bonchev–Trinajstić information content (AvgIpc) is 2.91. The van der Waals surface area contributed by atoms with Crippen LogP contribution in [0.2, 0.25) is 0 Å². The van der Waals surface area contributed by atoms with E-state index in [0.29, 0.717) is 0 Å². The van der Waals surface area contributed by atoms with Gasteiger partial charge in [0, 0.05) is 6.54 Å². The first-order chi connectivity index (χ1) is 7.20. The summed E-state index contributed by atoms with van der Waals surface area (Å²) in [5.41, 5.74) is 7.03. The lowest BCUT2D eigenvalue weighted by Gasteiger charge is -2.03. The third-order valence-corrected chi connectivity index (χ3v) is 2.74. The van der Waals surface area contributed by atoms with Crippen molar-refractivity contribution in [2.24, 2.45) is 11.7 Å². The molecule has 15 heavy (non-hydrogen) atoms. The maximum absolute atomic E-state index is 10.9. The molecule has 0 saturated heterocycles. The molecule has 2 N–H and O–H groups in total. The molecular formula is C10H16N4O. The highest BCUT2D eigenvalue weighted by molar-refractivity contribution is 5.76. The van der Waals surface area contributed by atoms with Gasteiger partial charge in [0.15, 0.2) is 0 Å². The predicted molar refractivity (Wildman–Crippen MR) is 55.0 cm³/mol. The van der Waals surface area contributed by atoms with Gasteiger partial charge in [-0.2, -0.15) is 0 Å². The fourth-order valence-corrected chi connectivity index (χ4v) is 1.74. The number of nitrogens with two attached hydrogens (primary N) is 1. The number of carbonyl (C=O) groups is 1. The topological polar surface area (TPSA) is 73.8 Å². The number of hydrogen-bond donors (Lipinski definition) is 1. The number of hydrogen-bond acceptors (Lipinski definition) is 3. The summed E-state index contributed by atoms with van der Waals surface area (Å²) in [7, 11) is 0. The minimum absolute atomic E-state index is 0.210. The summed E-state index contributed by atoms with van der Waals surface area (Å²) in [6, 6.07) is 0. The quantitative estimate of drug-likeness (QED) is 0.755. The van der Waals surface area contributed by atoms with Gasteiger partial charge in [0.1, 0.15) is 0 Å². The molecule has 1 aliphatic rings. The molecular weight excluding hydrogens is 192 g/mol. The lowest BCUT2D eigenvalue weighted by Crippen LogP contribution is -2.16. The first-order valence-corrected chi connectivity index (χ1v) is 5.40. The second-order valence-electron chi connectivity index (χ2n) is 4.09. The number of primary amides is 1. The van der Waals surface area contributed by atoms with Gasteiger partial charge < -0.3 is 5.73 Å². The van der Waals surface area contributed by atoms with Crippen LogP contribution in [-0.4, -0.2) is 20.9 Å². The Morgan fingerprint density at radius 2 is 2.33 bits per heavy atom. The lowest BCUT2D eigenvalue weighted by atomic mass is 10.1. The van der Waals surface area contributed by atoms with Gasteiger partial charge in [-0.15, -0.1) is 5.10 Å². The van der Waals surface area contributed by atoms with Crippen LogP contribution in [0.15, 0.2) is 0 Å². The van der Waals surface area contributed by atoms with Crippen LogP contribution in [-0.2, 0) is 24.2 Å². The Morgan fingerprint density at radius 1 is 1.60 bits per heavy atom. The number of carbonyl (C=O) groups excluding carboxylic acids is 1. The van der Waals surface area contributed by atoms with Gasteiger partial charge in [-0.3, -0.25) is 4.79 Å². The molecule has 0 atom stereocenters. The van der Waals surface area contributed by atoms with E-state index in [1.54, 1.807) is 0 Å². The largest absolute Gasteiger partial charge is 0.369 e. The van der Waals surface area contributed by atoms with E-state index in [4.69, 9.17) is 5.73 Å². The minimum Gasteiger partial charge on any atom is -0.369 e. The molecule has 82 valence electrons. The Hall–Kier alpha value is -1.39. The van der Waals surface area contributed by atoms with Crippen LogP contribution in [0, 0.1) is 5.92 Å². The van der Waals surface area contributed by atoms with Crippen LogP contribution < -0.4 is 5.73 Å². The summed E-state index contributed by atoms with van der Waals surface area (Å²) < 4.78 is 1.87. The number of rotatable bonds is 5. The number of amides is 1. The minimum atomic E-state index is -0.338. The van der Waals surface area contributed by atoms with E-state index < -0.39 is 0 Å². The summed E-state index contributed by atoms with van der Waals surface area (Å²) in [6.07, 6.45) is 3.77. The van der Waals surface area contributed by atoms with Crippen molar-refractivity contribution in [1.29, 1.82) is 0 Å². The zero-order valence-electron chi connectivity index (χ0n) is 8.94. The molecule has 5 heteroatoms. The van der Waals surface area contributed by atoms with Gasteiger partial charge in [-0.05, 0) is 32.1 Å². The highest BCUT2D eigenvalue weighted by atomic mass is 16.1. The Morgan fingerprint density at radius 3 is 2.87 bits per heavy atom. The Labute approximate surface area is 88.6 Å². The van der Waals surface area contributed by atoms with Crippen molar-refractivity contribution in [2.45, 2.75) is 39.2 Å². The smallest absolute Gasteiger partial charge is 0.223 e. The van der Waals surface area contributed by atoms with Crippen LogP contribution in [0.5, 0.6) is 0 Å². The molecule has 2 rings (SSSR count). The van der Waals surface area contributed by atoms with Crippen molar-refractivity contribution in [3.8, 4) is 0 Å². The summed E-state index contributed by atoms with van der Waals surface area (Å²) in [5, 5.41) is 8.05. The van der Waals surface area contributed by atoms with E-state index in [2.05, 4.69) is 10.3 Å². The molecule has 0 radical (unpaired) electrons. The van der Waals surface area contributed by atoms with Crippen molar-refractivity contribution in [3.63, 3.8) is 0 Å². The van der Waals surface area contributed by atoms with E-state index in [9.17, 15) is 4.79 Å². The Bertz CT molecular complexity index is 367. The number of nitrogens with zero attached hydrogens (tertiary/aromatic N) is 3. The molecule has 5 nitrogen and oxygen atoms in total. The van der Waals surface area contributed by atoms with Crippen molar-refractivity contribution in [2.75, 3.05) is 0 Å². The van der Waals surface area contributed by atoms with E-state index in [1.165, 1.54) is 12.8 Å². The maximum atomic E-state index is 10.9. The van der Waals surface area contributed by atoms with Gasteiger partial charge in [0.2, 0.25) is 5.91 Å². The zero-order valence-corrected chi connectivity index (χ0v) is 8.94. The first kappa shape index (κ1) is 10.1. The molecule has 1 heterocycles. The third-order valence-electron chi connectivity index (χ3n) is 2.74. The van der Waals surface area contributed by atoms with Crippen LogP contribution >= 0.6 is 0 Å². The SMILES string of the molecule is CCn1nnc(CC(N)=O)c1CC1CC1. The molecule has 0 unspecified atom stereocenters. The second kappa shape index (κ2) is 4.00. The molecule has 0 spiro atoms. The fourth-order valence-electron chi connectivity index (χ4n) is 1.74. The van der Waals surface area contributed by atoms with Gasteiger partial charge in [-0.25, -0.2) is 4.68 Å². The maximum Gasteiger partial charge on any atom is 0.223 e. The monoisotopic (exact) mass is 208 g/mol. The highest BCUT2D eigenvalue weighted by Crippen LogP contribution is 2.33. The summed E-state index contributed by atoms with van der Waals surface area (Å²) in [5.74, 6) is 0.427. The molecule has 1 aromatic rings. The fraction of sp³-hybridized carbons (Fsp3) is 0.700. The van der Waals surface area contributed by atoms with Crippen LogP contribution in [0.25, 0.3) is 0 Å². The van der Waals surface area contributed by atoms with E-state index in [0.717, 1.165) is 30.3 Å². The summed E-state index contributed by atoms with van der Waals surface area (Å²) in [6.45, 7) is 2.83. The molecule has 1 saturated carbocycles. The van der Waals surface area contributed by atoms with Crippen molar-refractivity contribution in [3.05, 3.63) is 11.4 Å². The Balaban J connectivity index is 2.19. The number of aromatic nitrogens is 3. The van der Waals surface area contributed by atoms with Crippen molar-refractivity contribution in [1.82, 2.24) is 15.0 Å². The van der Waals surface area contributed by atoms with Gasteiger partial charge in [0.25, 0.3) is 0 Å². The summed E-state index contributed by atoms with van der Waals surface area (Å²) in [4.78, 5) is 10.9. The van der Waals surface area contributed by atoms with Gasteiger partial charge in [-0.1, -0.05) is 5.21 Å². The zero-order chi connectivity index (χ0) is 10.8. The van der Waals surface area contributed by atoms with Crippen LogP contribution in [0.4, 0.5) is 0 Å². The van der Waals surface area contributed by atoms with Crippen LogP contribution in [0.3, 0.4) is 0 Å². The highest BCUT2D eigenvalue weighted by Gasteiger charge is 2.25. The van der Waals surface area contributed by atoms with Crippen molar-refractivity contribution < 1.29 is 4.79 Å². The van der Waals surface area contributed by atoms with Crippen molar-refractivity contribution >= 4 is 5.91 Å². The molecule has 1 fully saturated rings. The first-order valence-electron chi connectivity index (χ1n) is 5.40. The summed E-state index contributed by atoms with van der Waals surface area (Å²) >= 11 is 0. The molecule has 0 aromatic carbocycles. The molecule has 0 aliphatic heterocycles.